The minimum absolute atomic E-state index is 0.0821. The minimum atomic E-state index is -3.54. The molecule has 1 aliphatic carbocycles. The molecule has 0 aromatic carbocycles. The van der Waals surface area contributed by atoms with Crippen LogP contribution in [0.4, 0.5) is 0 Å². The second-order valence-electron chi connectivity index (χ2n) is 6.28. The number of rotatable bonds is 5. The van der Waals surface area contributed by atoms with Crippen molar-refractivity contribution in [3.8, 4) is 0 Å². The fraction of sp³-hybridized carbons (Fsp3) is 0.917. The maximum Gasteiger partial charge on any atom is 0.307 e. The Morgan fingerprint density at radius 3 is 2.63 bits per heavy atom. The molecule has 2 fully saturated rings. The van der Waals surface area contributed by atoms with Crippen LogP contribution in [0, 0.1) is 17.3 Å². The monoisotopic (exact) mass is 290 g/mol. The molecule has 2 atom stereocenters. The Morgan fingerprint density at radius 1 is 1.47 bits per heavy atom. The molecule has 1 heterocycles. The van der Waals surface area contributed by atoms with E-state index in [4.69, 9.17) is 5.11 Å². The lowest BCUT2D eigenvalue weighted by Gasteiger charge is -2.29. The molecule has 6 nitrogen and oxygen atoms in total. The van der Waals surface area contributed by atoms with E-state index in [1.165, 1.54) is 4.31 Å². The van der Waals surface area contributed by atoms with Gasteiger partial charge in [0.15, 0.2) is 0 Å². The van der Waals surface area contributed by atoms with Crippen molar-refractivity contribution in [3.05, 3.63) is 0 Å². The van der Waals surface area contributed by atoms with Crippen LogP contribution in [-0.4, -0.2) is 43.4 Å². The zero-order chi connectivity index (χ0) is 14.3. The smallest absolute Gasteiger partial charge is 0.307 e. The number of piperidine rings is 1. The molecule has 0 bridgehead atoms. The quantitative estimate of drug-likeness (QED) is 0.779. The second kappa shape index (κ2) is 5.03. The molecule has 0 aromatic rings. The molecule has 0 amide bonds. The third kappa shape index (κ3) is 3.46. The summed E-state index contributed by atoms with van der Waals surface area (Å²) in [6.45, 7) is 5.18. The summed E-state index contributed by atoms with van der Waals surface area (Å²) < 4.78 is 28.1. The van der Waals surface area contributed by atoms with Crippen molar-refractivity contribution < 1.29 is 18.3 Å². The molecule has 1 aliphatic heterocycles. The summed E-state index contributed by atoms with van der Waals surface area (Å²) >= 11 is 0. The van der Waals surface area contributed by atoms with E-state index in [2.05, 4.69) is 18.6 Å². The largest absolute Gasteiger partial charge is 0.481 e. The number of carboxylic acids is 1. The molecule has 0 aromatic heterocycles. The normalized spacial score (nSPS) is 31.1. The van der Waals surface area contributed by atoms with Gasteiger partial charge in [-0.2, -0.15) is 12.7 Å². The Hall–Kier alpha value is -0.660. The van der Waals surface area contributed by atoms with Crippen molar-refractivity contribution in [1.29, 1.82) is 0 Å². The van der Waals surface area contributed by atoms with E-state index in [0.717, 1.165) is 6.42 Å². The topological polar surface area (TPSA) is 86.7 Å². The predicted molar refractivity (Wildman–Crippen MR) is 70.7 cm³/mol. The van der Waals surface area contributed by atoms with Crippen molar-refractivity contribution >= 4 is 16.2 Å². The first-order valence-electron chi connectivity index (χ1n) is 6.70. The first kappa shape index (κ1) is 14.7. The molecule has 110 valence electrons. The summed E-state index contributed by atoms with van der Waals surface area (Å²) in [5.41, 5.74) is 0.230. The van der Waals surface area contributed by atoms with Gasteiger partial charge in [-0.1, -0.05) is 13.8 Å². The molecule has 1 saturated carbocycles. The van der Waals surface area contributed by atoms with E-state index >= 15 is 0 Å². The summed E-state index contributed by atoms with van der Waals surface area (Å²) in [4.78, 5) is 10.9. The molecular formula is C12H22N2O4S. The number of nitrogens with zero attached hydrogens (tertiary/aromatic N) is 1. The number of hydrogen-bond donors (Lipinski definition) is 2. The molecule has 19 heavy (non-hydrogen) atoms. The minimum Gasteiger partial charge on any atom is -0.481 e. The maximum atomic E-state index is 12.1. The van der Waals surface area contributed by atoms with E-state index in [0.29, 0.717) is 31.8 Å². The van der Waals surface area contributed by atoms with Crippen LogP contribution in [0.5, 0.6) is 0 Å². The van der Waals surface area contributed by atoms with Crippen LogP contribution in [0.2, 0.25) is 0 Å². The third-order valence-corrected chi connectivity index (χ3v) is 5.85. The molecule has 2 unspecified atom stereocenters. The van der Waals surface area contributed by atoms with Crippen LogP contribution >= 0.6 is 0 Å². The summed E-state index contributed by atoms with van der Waals surface area (Å²) in [6, 6.07) is 0. The van der Waals surface area contributed by atoms with Gasteiger partial charge < -0.3 is 5.11 Å². The first-order chi connectivity index (χ1) is 8.72. The lowest BCUT2D eigenvalue weighted by molar-refractivity contribution is -0.142. The Bertz CT molecular complexity index is 460. The summed E-state index contributed by atoms with van der Waals surface area (Å²) in [7, 11) is -3.54. The van der Waals surface area contributed by atoms with Gasteiger partial charge in [0.05, 0.1) is 5.92 Å². The molecule has 2 rings (SSSR count). The Labute approximate surface area is 114 Å². The van der Waals surface area contributed by atoms with Crippen LogP contribution in [0.1, 0.15) is 33.1 Å². The highest BCUT2D eigenvalue weighted by Crippen LogP contribution is 2.51. The zero-order valence-electron chi connectivity index (χ0n) is 11.4. The number of carbonyl (C=O) groups is 1. The predicted octanol–water partition coefficient (Wildman–Crippen LogP) is 0.664. The van der Waals surface area contributed by atoms with Gasteiger partial charge in [-0.15, -0.1) is 0 Å². The van der Waals surface area contributed by atoms with Gasteiger partial charge in [-0.05, 0) is 30.6 Å². The summed E-state index contributed by atoms with van der Waals surface area (Å²) in [6.07, 6.45) is 2.19. The highest BCUT2D eigenvalue weighted by atomic mass is 32.2. The van der Waals surface area contributed by atoms with E-state index in [1.807, 2.05) is 0 Å². The van der Waals surface area contributed by atoms with Gasteiger partial charge in [0.1, 0.15) is 0 Å². The molecule has 2 aliphatic rings. The van der Waals surface area contributed by atoms with Crippen molar-refractivity contribution in [2.45, 2.75) is 33.1 Å². The van der Waals surface area contributed by atoms with Crippen LogP contribution in [0.15, 0.2) is 0 Å². The van der Waals surface area contributed by atoms with Gasteiger partial charge in [0.2, 0.25) is 0 Å². The van der Waals surface area contributed by atoms with Crippen LogP contribution in [0.3, 0.4) is 0 Å². The van der Waals surface area contributed by atoms with Gasteiger partial charge >= 0.3 is 5.97 Å². The molecule has 2 N–H and O–H groups in total. The van der Waals surface area contributed by atoms with Crippen molar-refractivity contribution in [1.82, 2.24) is 9.03 Å². The standard InChI is InChI=1S/C12H22N2O4S/c1-12(2)6-10(12)7-13-19(17,18)14-5-3-4-9(8-14)11(15)16/h9-10,13H,3-8H2,1-2H3,(H,15,16). The van der Waals surface area contributed by atoms with Crippen molar-refractivity contribution in [3.63, 3.8) is 0 Å². The van der Waals surface area contributed by atoms with Gasteiger partial charge in [0, 0.05) is 19.6 Å². The lowest BCUT2D eigenvalue weighted by Crippen LogP contribution is -2.47. The van der Waals surface area contributed by atoms with Crippen LogP contribution in [0.25, 0.3) is 0 Å². The zero-order valence-corrected chi connectivity index (χ0v) is 12.2. The second-order valence-corrected chi connectivity index (χ2v) is 8.03. The number of carboxylic acid groups (broad SMARTS) is 1. The molecule has 0 spiro atoms. The Balaban J connectivity index is 1.90. The average Bonchev–Trinajstić information content (AvgIpc) is 2.95. The van der Waals surface area contributed by atoms with Crippen molar-refractivity contribution in [2.75, 3.05) is 19.6 Å². The van der Waals surface area contributed by atoms with Gasteiger partial charge in [-0.3, -0.25) is 4.79 Å². The third-order valence-electron chi connectivity index (χ3n) is 4.30. The number of hydrogen-bond acceptors (Lipinski definition) is 3. The lowest BCUT2D eigenvalue weighted by atomic mass is 10.0. The fourth-order valence-electron chi connectivity index (χ4n) is 2.58. The van der Waals surface area contributed by atoms with Gasteiger partial charge in [0.25, 0.3) is 10.2 Å². The van der Waals surface area contributed by atoms with Gasteiger partial charge in [-0.25, -0.2) is 4.72 Å². The SMILES string of the molecule is CC1(C)CC1CNS(=O)(=O)N1CCCC(C(=O)O)C1. The molecule has 7 heteroatoms. The number of nitrogens with one attached hydrogen (secondary N) is 1. The van der Waals surface area contributed by atoms with E-state index < -0.39 is 22.1 Å². The Kier molecular flexibility index (Phi) is 3.90. The molecule has 0 radical (unpaired) electrons. The van der Waals surface area contributed by atoms with E-state index in [1.54, 1.807) is 0 Å². The van der Waals surface area contributed by atoms with E-state index in [-0.39, 0.29) is 12.0 Å². The number of aliphatic carboxylic acids is 1. The molecular weight excluding hydrogens is 268 g/mol. The van der Waals surface area contributed by atoms with Crippen LogP contribution < -0.4 is 4.72 Å². The first-order valence-corrected chi connectivity index (χ1v) is 8.14. The molecule has 1 saturated heterocycles. The highest BCUT2D eigenvalue weighted by molar-refractivity contribution is 7.87. The summed E-state index contributed by atoms with van der Waals surface area (Å²) in [5.74, 6) is -1.10. The van der Waals surface area contributed by atoms with Crippen LogP contribution in [-0.2, 0) is 15.0 Å². The average molecular weight is 290 g/mol. The highest BCUT2D eigenvalue weighted by Gasteiger charge is 2.46. The fourth-order valence-corrected chi connectivity index (χ4v) is 3.92. The van der Waals surface area contributed by atoms with Crippen molar-refractivity contribution in [2.24, 2.45) is 17.3 Å². The van der Waals surface area contributed by atoms with E-state index in [9.17, 15) is 13.2 Å². The maximum absolute atomic E-state index is 12.1. The summed E-state index contributed by atoms with van der Waals surface area (Å²) in [5, 5.41) is 8.98. The Morgan fingerprint density at radius 2 is 2.11 bits per heavy atom.